The van der Waals surface area contributed by atoms with Gasteiger partial charge in [0.15, 0.2) is 5.17 Å². The molecule has 1 aliphatic rings. The van der Waals surface area contributed by atoms with E-state index in [1.165, 1.54) is 6.42 Å². The number of rotatable bonds is 3. The van der Waals surface area contributed by atoms with E-state index in [9.17, 15) is 0 Å². The lowest BCUT2D eigenvalue weighted by atomic mass is 10.0. The van der Waals surface area contributed by atoms with E-state index in [1.54, 1.807) is 0 Å². The topological polar surface area (TPSA) is 39.4 Å². The number of thioether (sulfide) groups is 1. The van der Waals surface area contributed by atoms with Gasteiger partial charge in [0.05, 0.1) is 17.3 Å². The van der Waals surface area contributed by atoms with Gasteiger partial charge in [0.1, 0.15) is 0 Å². The highest BCUT2D eigenvalue weighted by Crippen LogP contribution is 2.31. The Morgan fingerprint density at radius 1 is 1.55 bits per heavy atom. The molecular formula is C16H21N3S. The zero-order valence-corrected chi connectivity index (χ0v) is 13.4. The van der Waals surface area contributed by atoms with E-state index >= 15 is 0 Å². The molecule has 1 unspecified atom stereocenters. The summed E-state index contributed by atoms with van der Waals surface area (Å²) in [6.45, 7) is 6.55. The molecule has 20 heavy (non-hydrogen) atoms. The number of aryl methyl sites for hydroxylation is 1. The van der Waals surface area contributed by atoms with Crippen LogP contribution >= 0.6 is 11.8 Å². The second kappa shape index (κ2) is 6.32. The van der Waals surface area contributed by atoms with Crippen LogP contribution in [0.15, 0.2) is 23.2 Å². The van der Waals surface area contributed by atoms with Crippen LogP contribution in [0.1, 0.15) is 31.4 Å². The fraction of sp³-hybridized carbons (Fsp3) is 0.500. The van der Waals surface area contributed by atoms with E-state index in [2.05, 4.69) is 31.9 Å². The van der Waals surface area contributed by atoms with Crippen molar-refractivity contribution in [1.82, 2.24) is 4.90 Å². The Balaban J connectivity index is 2.22. The van der Waals surface area contributed by atoms with Gasteiger partial charge in [-0.05, 0) is 36.6 Å². The van der Waals surface area contributed by atoms with Crippen molar-refractivity contribution >= 4 is 22.6 Å². The molecule has 1 fully saturated rings. The maximum atomic E-state index is 8.90. The van der Waals surface area contributed by atoms with Crippen molar-refractivity contribution in [2.24, 2.45) is 10.9 Å². The summed E-state index contributed by atoms with van der Waals surface area (Å²) in [6, 6.07) is 8.40. The summed E-state index contributed by atoms with van der Waals surface area (Å²) in [5.74, 6) is 1.79. The highest BCUT2D eigenvalue weighted by molar-refractivity contribution is 8.14. The molecule has 1 aromatic rings. The highest BCUT2D eigenvalue weighted by atomic mass is 32.2. The molecule has 0 saturated carbocycles. The predicted octanol–water partition coefficient (Wildman–Crippen LogP) is 3.95. The van der Waals surface area contributed by atoms with Gasteiger partial charge in [-0.25, -0.2) is 4.99 Å². The van der Waals surface area contributed by atoms with Gasteiger partial charge in [0, 0.05) is 18.8 Å². The van der Waals surface area contributed by atoms with Crippen LogP contribution in [0.3, 0.4) is 0 Å². The van der Waals surface area contributed by atoms with Crippen LogP contribution in [0, 0.1) is 24.2 Å². The van der Waals surface area contributed by atoms with Crippen molar-refractivity contribution in [2.45, 2.75) is 33.2 Å². The first-order chi connectivity index (χ1) is 9.56. The first kappa shape index (κ1) is 14.9. The van der Waals surface area contributed by atoms with Crippen molar-refractivity contribution in [3.05, 3.63) is 29.3 Å². The molecule has 0 bridgehead atoms. The first-order valence-electron chi connectivity index (χ1n) is 7.01. The fourth-order valence-corrected chi connectivity index (χ4v) is 3.77. The Labute approximate surface area is 125 Å². The van der Waals surface area contributed by atoms with E-state index in [0.29, 0.717) is 17.5 Å². The average molecular weight is 287 g/mol. The normalized spacial score (nSPS) is 22.1. The van der Waals surface area contributed by atoms with Gasteiger partial charge in [-0.1, -0.05) is 32.0 Å². The van der Waals surface area contributed by atoms with E-state index in [1.807, 2.05) is 36.9 Å². The first-order valence-corrected chi connectivity index (χ1v) is 8.00. The van der Waals surface area contributed by atoms with Gasteiger partial charge in [0.25, 0.3) is 0 Å². The monoisotopic (exact) mass is 287 g/mol. The number of amidine groups is 1. The van der Waals surface area contributed by atoms with E-state index < -0.39 is 0 Å². The second-order valence-corrected chi connectivity index (χ2v) is 6.37. The van der Waals surface area contributed by atoms with Crippen molar-refractivity contribution in [3.63, 3.8) is 0 Å². The quantitative estimate of drug-likeness (QED) is 0.845. The molecule has 2 atom stereocenters. The summed E-state index contributed by atoms with van der Waals surface area (Å²) >= 11 is 1.83. The Bertz CT molecular complexity index is 559. The second-order valence-electron chi connectivity index (χ2n) is 5.38. The standard InChI is InChI=1S/C16H21N3S/c1-5-11(2)15-10-20-16(19(15)4)18-14-7-6-13(9-17)8-12(14)3/h6-8,11,15H,5,10H2,1-4H3/t11?,15-/m1/s1. The molecule has 1 heterocycles. The van der Waals surface area contributed by atoms with Crippen LogP contribution in [0.2, 0.25) is 0 Å². The Hall–Kier alpha value is -1.47. The lowest BCUT2D eigenvalue weighted by molar-refractivity contribution is 0.304. The third kappa shape index (κ3) is 2.99. The maximum Gasteiger partial charge on any atom is 0.164 e. The van der Waals surface area contributed by atoms with Crippen LogP contribution in [0.25, 0.3) is 0 Å². The van der Waals surface area contributed by atoms with Crippen molar-refractivity contribution in [1.29, 1.82) is 5.26 Å². The predicted molar refractivity (Wildman–Crippen MR) is 86.5 cm³/mol. The van der Waals surface area contributed by atoms with Gasteiger partial charge >= 0.3 is 0 Å². The number of benzene rings is 1. The summed E-state index contributed by atoms with van der Waals surface area (Å²) in [6.07, 6.45) is 1.19. The van der Waals surface area contributed by atoms with Gasteiger partial charge in [-0.2, -0.15) is 5.26 Å². The molecule has 1 saturated heterocycles. The molecule has 0 aliphatic carbocycles. The molecule has 0 radical (unpaired) electrons. The molecule has 0 spiro atoms. The minimum atomic E-state index is 0.572. The summed E-state index contributed by atoms with van der Waals surface area (Å²) in [5, 5.41) is 9.99. The Morgan fingerprint density at radius 2 is 2.30 bits per heavy atom. The van der Waals surface area contributed by atoms with E-state index in [0.717, 1.165) is 22.2 Å². The lowest BCUT2D eigenvalue weighted by Crippen LogP contribution is -2.34. The molecule has 3 nitrogen and oxygen atoms in total. The van der Waals surface area contributed by atoms with Crippen LogP contribution in [-0.4, -0.2) is 28.9 Å². The number of nitrogens with zero attached hydrogens (tertiary/aromatic N) is 3. The molecule has 0 aromatic heterocycles. The van der Waals surface area contributed by atoms with E-state index in [4.69, 9.17) is 10.3 Å². The number of nitriles is 1. The molecule has 2 rings (SSSR count). The molecule has 0 N–H and O–H groups in total. The Morgan fingerprint density at radius 3 is 2.90 bits per heavy atom. The average Bonchev–Trinajstić information content (AvgIpc) is 2.81. The minimum Gasteiger partial charge on any atom is -0.350 e. The largest absolute Gasteiger partial charge is 0.350 e. The van der Waals surface area contributed by atoms with Crippen LogP contribution in [0.5, 0.6) is 0 Å². The van der Waals surface area contributed by atoms with Gasteiger partial charge in [0.2, 0.25) is 0 Å². The summed E-state index contributed by atoms with van der Waals surface area (Å²) < 4.78 is 0. The van der Waals surface area contributed by atoms with E-state index in [-0.39, 0.29) is 0 Å². The third-order valence-corrected chi connectivity index (χ3v) is 5.17. The summed E-state index contributed by atoms with van der Waals surface area (Å²) in [4.78, 5) is 7.08. The molecule has 1 aromatic carbocycles. The number of aliphatic imine (C=N–C) groups is 1. The van der Waals surface area contributed by atoms with Crippen LogP contribution < -0.4 is 0 Å². The van der Waals surface area contributed by atoms with Crippen molar-refractivity contribution < 1.29 is 0 Å². The van der Waals surface area contributed by atoms with Crippen LogP contribution in [0.4, 0.5) is 5.69 Å². The number of hydrogen-bond donors (Lipinski definition) is 0. The van der Waals surface area contributed by atoms with Gasteiger partial charge in [-0.15, -0.1) is 0 Å². The molecule has 1 aliphatic heterocycles. The van der Waals surface area contributed by atoms with Gasteiger partial charge in [-0.3, -0.25) is 0 Å². The Kier molecular flexibility index (Phi) is 4.72. The smallest absolute Gasteiger partial charge is 0.164 e. The third-order valence-electron chi connectivity index (χ3n) is 4.03. The van der Waals surface area contributed by atoms with Gasteiger partial charge < -0.3 is 4.90 Å². The number of hydrogen-bond acceptors (Lipinski definition) is 3. The van der Waals surface area contributed by atoms with Crippen molar-refractivity contribution in [3.8, 4) is 6.07 Å². The SMILES string of the molecule is CCC(C)[C@H]1CSC(=Nc2ccc(C#N)cc2C)N1C. The molecular weight excluding hydrogens is 266 g/mol. The molecule has 4 heteroatoms. The van der Waals surface area contributed by atoms with Crippen molar-refractivity contribution in [2.75, 3.05) is 12.8 Å². The zero-order chi connectivity index (χ0) is 14.7. The lowest BCUT2D eigenvalue weighted by Gasteiger charge is -2.25. The summed E-state index contributed by atoms with van der Waals surface area (Å²) in [5.41, 5.74) is 2.71. The maximum absolute atomic E-state index is 8.90. The molecule has 0 amide bonds. The molecule has 106 valence electrons. The summed E-state index contributed by atoms with van der Waals surface area (Å²) in [7, 11) is 2.13. The zero-order valence-electron chi connectivity index (χ0n) is 12.6. The van der Waals surface area contributed by atoms with Crippen LogP contribution in [-0.2, 0) is 0 Å². The minimum absolute atomic E-state index is 0.572. The highest BCUT2D eigenvalue weighted by Gasteiger charge is 2.30. The fourth-order valence-electron chi connectivity index (χ4n) is 2.40.